The van der Waals surface area contributed by atoms with Crippen molar-refractivity contribution in [3.8, 4) is 5.75 Å². The van der Waals surface area contributed by atoms with E-state index in [1.54, 1.807) is 31.2 Å². The van der Waals surface area contributed by atoms with E-state index in [-0.39, 0.29) is 6.61 Å². The Balaban J connectivity index is 1.77. The standard InChI is InChI=1S/C20H27ClN2O4S/c1-20(24,14-22-12-11-16-5-4-6-17(21)13-16)15-27-19-9-7-18(8-10-19)23(2)28(3,25)26/h4-10,13,22,24H,11-12,14-15H2,1-3H3. The summed E-state index contributed by atoms with van der Waals surface area (Å²) in [5.41, 5.74) is 0.635. The van der Waals surface area contributed by atoms with Gasteiger partial charge in [0.05, 0.1) is 11.9 Å². The van der Waals surface area contributed by atoms with Gasteiger partial charge in [0.25, 0.3) is 0 Å². The highest BCUT2D eigenvalue weighted by atomic mass is 35.5. The molecule has 0 radical (unpaired) electrons. The van der Waals surface area contributed by atoms with Gasteiger partial charge in [-0.3, -0.25) is 4.31 Å². The molecule has 0 saturated carbocycles. The molecule has 2 aromatic rings. The molecule has 28 heavy (non-hydrogen) atoms. The highest BCUT2D eigenvalue weighted by Crippen LogP contribution is 2.21. The third-order valence-corrected chi connectivity index (χ3v) is 5.67. The lowest BCUT2D eigenvalue weighted by molar-refractivity contribution is 0.0125. The van der Waals surface area contributed by atoms with Gasteiger partial charge in [-0.1, -0.05) is 23.7 Å². The van der Waals surface area contributed by atoms with Crippen LogP contribution in [0.4, 0.5) is 5.69 Å². The molecule has 0 aliphatic heterocycles. The molecular weight excluding hydrogens is 400 g/mol. The summed E-state index contributed by atoms with van der Waals surface area (Å²) in [5.74, 6) is 0.560. The minimum absolute atomic E-state index is 0.110. The van der Waals surface area contributed by atoms with E-state index in [9.17, 15) is 13.5 Å². The van der Waals surface area contributed by atoms with Crippen LogP contribution in [0, 0.1) is 0 Å². The van der Waals surface area contributed by atoms with Gasteiger partial charge in [-0.05, 0) is 61.9 Å². The summed E-state index contributed by atoms with van der Waals surface area (Å²) in [6.07, 6.45) is 1.96. The van der Waals surface area contributed by atoms with Gasteiger partial charge < -0.3 is 15.2 Å². The molecule has 6 nitrogen and oxygen atoms in total. The SMILES string of the molecule is CN(c1ccc(OCC(C)(O)CNCCc2cccc(Cl)c2)cc1)S(C)(=O)=O. The fourth-order valence-corrected chi connectivity index (χ4v) is 3.23. The second kappa shape index (κ2) is 9.60. The van der Waals surface area contributed by atoms with Crippen LogP contribution in [-0.2, 0) is 16.4 Å². The number of halogens is 1. The number of nitrogens with one attached hydrogen (secondary N) is 1. The summed E-state index contributed by atoms with van der Waals surface area (Å²) >= 11 is 5.97. The van der Waals surface area contributed by atoms with Crippen LogP contribution < -0.4 is 14.4 Å². The number of rotatable bonds is 10. The monoisotopic (exact) mass is 426 g/mol. The Hall–Kier alpha value is -1.80. The number of hydrogen-bond acceptors (Lipinski definition) is 5. The highest BCUT2D eigenvalue weighted by molar-refractivity contribution is 7.92. The second-order valence-corrected chi connectivity index (χ2v) is 9.52. The Morgan fingerprint density at radius 1 is 1.21 bits per heavy atom. The first-order valence-corrected chi connectivity index (χ1v) is 11.1. The van der Waals surface area contributed by atoms with Gasteiger partial charge in [-0.25, -0.2) is 8.42 Å². The van der Waals surface area contributed by atoms with Crippen LogP contribution in [0.3, 0.4) is 0 Å². The Labute approximate surface area is 172 Å². The number of sulfonamides is 1. The van der Waals surface area contributed by atoms with E-state index in [0.29, 0.717) is 29.5 Å². The number of nitrogens with zero attached hydrogens (tertiary/aromatic N) is 1. The van der Waals surface area contributed by atoms with E-state index in [1.807, 2.05) is 24.3 Å². The molecule has 1 unspecified atom stereocenters. The summed E-state index contributed by atoms with van der Waals surface area (Å²) in [5, 5.41) is 14.4. The normalized spacial score (nSPS) is 13.8. The Kier molecular flexibility index (Phi) is 7.71. The van der Waals surface area contributed by atoms with Crippen LogP contribution >= 0.6 is 11.6 Å². The Morgan fingerprint density at radius 3 is 2.50 bits per heavy atom. The summed E-state index contributed by atoms with van der Waals surface area (Å²) < 4.78 is 29.9. The average molecular weight is 427 g/mol. The summed E-state index contributed by atoms with van der Waals surface area (Å²) in [7, 11) is -1.81. The van der Waals surface area contributed by atoms with E-state index in [4.69, 9.17) is 16.3 Å². The first-order valence-electron chi connectivity index (χ1n) is 8.91. The Morgan fingerprint density at radius 2 is 1.89 bits per heavy atom. The maximum absolute atomic E-state index is 11.6. The molecule has 0 amide bonds. The van der Waals surface area contributed by atoms with Crippen LogP contribution in [0.15, 0.2) is 48.5 Å². The van der Waals surface area contributed by atoms with Crippen molar-refractivity contribution in [2.75, 3.05) is 37.3 Å². The van der Waals surface area contributed by atoms with Crippen molar-refractivity contribution in [2.45, 2.75) is 18.9 Å². The van der Waals surface area contributed by atoms with E-state index in [1.165, 1.54) is 11.4 Å². The van der Waals surface area contributed by atoms with Crippen LogP contribution in [0.25, 0.3) is 0 Å². The molecule has 2 aromatic carbocycles. The first-order chi connectivity index (χ1) is 13.1. The number of ether oxygens (including phenoxy) is 1. The molecule has 0 bridgehead atoms. The predicted molar refractivity (Wildman–Crippen MR) is 114 cm³/mol. The molecule has 8 heteroatoms. The lowest BCUT2D eigenvalue weighted by Gasteiger charge is -2.24. The minimum atomic E-state index is -3.30. The molecule has 2 rings (SSSR count). The predicted octanol–water partition coefficient (Wildman–Crippen LogP) is 2.70. The van der Waals surface area contributed by atoms with E-state index < -0.39 is 15.6 Å². The molecule has 154 valence electrons. The summed E-state index contributed by atoms with van der Waals surface area (Å²) in [4.78, 5) is 0. The molecule has 0 aromatic heterocycles. The maximum atomic E-state index is 11.6. The molecule has 0 aliphatic carbocycles. The topological polar surface area (TPSA) is 78.9 Å². The lowest BCUT2D eigenvalue weighted by Crippen LogP contribution is -2.43. The average Bonchev–Trinajstić information content (AvgIpc) is 2.63. The van der Waals surface area contributed by atoms with Gasteiger partial charge in [0.15, 0.2) is 0 Å². The van der Waals surface area contributed by atoms with Crippen molar-refractivity contribution in [3.05, 3.63) is 59.1 Å². The van der Waals surface area contributed by atoms with Crippen LogP contribution in [-0.4, -0.2) is 52.1 Å². The smallest absolute Gasteiger partial charge is 0.231 e. The van der Waals surface area contributed by atoms with Crippen molar-refractivity contribution in [2.24, 2.45) is 0 Å². The number of aliphatic hydroxyl groups is 1. The van der Waals surface area contributed by atoms with Crippen molar-refractivity contribution < 1.29 is 18.3 Å². The number of hydrogen-bond donors (Lipinski definition) is 2. The van der Waals surface area contributed by atoms with Crippen molar-refractivity contribution in [1.82, 2.24) is 5.32 Å². The molecule has 1 atom stereocenters. The molecule has 0 fully saturated rings. The van der Waals surface area contributed by atoms with E-state index >= 15 is 0 Å². The van der Waals surface area contributed by atoms with Gasteiger partial charge in [0.1, 0.15) is 18.0 Å². The highest BCUT2D eigenvalue weighted by Gasteiger charge is 2.21. The summed E-state index contributed by atoms with van der Waals surface area (Å²) in [6, 6.07) is 14.4. The zero-order valence-electron chi connectivity index (χ0n) is 16.4. The third-order valence-electron chi connectivity index (χ3n) is 4.23. The van der Waals surface area contributed by atoms with E-state index in [2.05, 4.69) is 5.32 Å². The first kappa shape index (κ1) is 22.5. The van der Waals surface area contributed by atoms with Gasteiger partial charge in [-0.2, -0.15) is 0 Å². The van der Waals surface area contributed by atoms with Gasteiger partial charge >= 0.3 is 0 Å². The second-order valence-electron chi connectivity index (χ2n) is 7.07. The zero-order chi connectivity index (χ0) is 20.8. The molecule has 0 aliphatic rings. The quantitative estimate of drug-likeness (QED) is 0.571. The van der Waals surface area contributed by atoms with Crippen molar-refractivity contribution >= 4 is 27.3 Å². The number of benzene rings is 2. The molecule has 0 saturated heterocycles. The van der Waals surface area contributed by atoms with Gasteiger partial charge in [0.2, 0.25) is 10.0 Å². The van der Waals surface area contributed by atoms with Crippen LogP contribution in [0.5, 0.6) is 5.75 Å². The van der Waals surface area contributed by atoms with Crippen molar-refractivity contribution in [3.63, 3.8) is 0 Å². The number of anilines is 1. The zero-order valence-corrected chi connectivity index (χ0v) is 17.9. The van der Waals surface area contributed by atoms with Crippen LogP contribution in [0.2, 0.25) is 5.02 Å². The molecular formula is C20H27ClN2O4S. The van der Waals surface area contributed by atoms with Crippen molar-refractivity contribution in [1.29, 1.82) is 0 Å². The summed E-state index contributed by atoms with van der Waals surface area (Å²) in [6.45, 7) is 2.90. The van der Waals surface area contributed by atoms with Gasteiger partial charge in [-0.15, -0.1) is 0 Å². The fraction of sp³-hybridized carbons (Fsp3) is 0.400. The largest absolute Gasteiger partial charge is 0.491 e. The Bertz CT molecular complexity index is 870. The maximum Gasteiger partial charge on any atom is 0.231 e. The molecule has 2 N–H and O–H groups in total. The van der Waals surface area contributed by atoms with E-state index in [0.717, 1.165) is 18.2 Å². The molecule has 0 spiro atoms. The third kappa shape index (κ3) is 7.31. The minimum Gasteiger partial charge on any atom is -0.491 e. The molecule has 0 heterocycles. The van der Waals surface area contributed by atoms with Crippen LogP contribution in [0.1, 0.15) is 12.5 Å². The fourth-order valence-electron chi connectivity index (χ4n) is 2.52. The van der Waals surface area contributed by atoms with Gasteiger partial charge in [0, 0.05) is 18.6 Å². The lowest BCUT2D eigenvalue weighted by atomic mass is 10.1.